The Labute approximate surface area is 225 Å². The van der Waals surface area contributed by atoms with Gasteiger partial charge in [0.05, 0.1) is 0 Å². The lowest BCUT2D eigenvalue weighted by molar-refractivity contribution is -0.134. The van der Waals surface area contributed by atoms with Crippen LogP contribution in [0.5, 0.6) is 0 Å². The monoisotopic (exact) mass is 511 g/mol. The molecule has 0 radical (unpaired) electrons. The third-order valence-corrected chi connectivity index (χ3v) is 7.61. The van der Waals surface area contributed by atoms with Gasteiger partial charge in [0.15, 0.2) is 5.82 Å². The second-order valence-electron chi connectivity index (χ2n) is 10.5. The number of hydrogen-bond acceptors (Lipinski definition) is 5. The molecule has 5 rings (SSSR count). The molecule has 7 nitrogen and oxygen atoms in total. The zero-order chi connectivity index (χ0) is 26.3. The summed E-state index contributed by atoms with van der Waals surface area (Å²) in [5.41, 5.74) is 4.05. The van der Waals surface area contributed by atoms with Gasteiger partial charge in [0.25, 0.3) is 5.91 Å². The molecule has 198 valence electrons. The van der Waals surface area contributed by atoms with E-state index in [0.717, 1.165) is 57.3 Å². The number of rotatable bonds is 10. The Balaban J connectivity index is 1.16. The van der Waals surface area contributed by atoms with Crippen LogP contribution >= 0.6 is 0 Å². The Bertz CT molecular complexity index is 1210. The van der Waals surface area contributed by atoms with E-state index >= 15 is 0 Å². The molecule has 2 N–H and O–H groups in total. The Morgan fingerprint density at radius 1 is 0.974 bits per heavy atom. The molecule has 1 saturated heterocycles. The molecule has 2 aliphatic rings. The largest absolute Gasteiger partial charge is 0.341 e. The van der Waals surface area contributed by atoms with Gasteiger partial charge in [0, 0.05) is 48.6 Å². The van der Waals surface area contributed by atoms with E-state index in [1.54, 1.807) is 30.6 Å². The molecule has 3 atom stereocenters. The van der Waals surface area contributed by atoms with Gasteiger partial charge < -0.3 is 15.5 Å². The van der Waals surface area contributed by atoms with Crippen LogP contribution in [0.2, 0.25) is 0 Å². The summed E-state index contributed by atoms with van der Waals surface area (Å²) < 4.78 is 0. The minimum Gasteiger partial charge on any atom is -0.341 e. The van der Waals surface area contributed by atoms with Crippen molar-refractivity contribution in [1.82, 2.24) is 25.5 Å². The Hall–Kier alpha value is -3.58. The summed E-state index contributed by atoms with van der Waals surface area (Å²) in [5.74, 6) is 1.00. The minimum atomic E-state index is -0.522. The van der Waals surface area contributed by atoms with Crippen molar-refractivity contribution in [3.63, 3.8) is 0 Å². The van der Waals surface area contributed by atoms with Crippen molar-refractivity contribution in [2.24, 2.45) is 0 Å². The van der Waals surface area contributed by atoms with Crippen LogP contribution in [-0.4, -0.2) is 58.4 Å². The van der Waals surface area contributed by atoms with Crippen LogP contribution in [0.25, 0.3) is 11.4 Å². The van der Waals surface area contributed by atoms with E-state index in [0.29, 0.717) is 29.8 Å². The summed E-state index contributed by atoms with van der Waals surface area (Å²) in [7, 11) is 0. The Morgan fingerprint density at radius 3 is 2.39 bits per heavy atom. The third kappa shape index (κ3) is 6.64. The first-order chi connectivity index (χ1) is 18.6. The van der Waals surface area contributed by atoms with Gasteiger partial charge in [-0.15, -0.1) is 0 Å². The fourth-order valence-corrected chi connectivity index (χ4v) is 5.25. The Kier molecular flexibility index (Phi) is 8.44. The molecule has 1 aliphatic carbocycles. The summed E-state index contributed by atoms with van der Waals surface area (Å²) in [6.45, 7) is 4.49. The summed E-state index contributed by atoms with van der Waals surface area (Å²) in [6.07, 6.45) is 9.20. The van der Waals surface area contributed by atoms with E-state index in [-0.39, 0.29) is 11.8 Å². The van der Waals surface area contributed by atoms with Gasteiger partial charge in [-0.1, -0.05) is 42.0 Å². The van der Waals surface area contributed by atoms with Crippen LogP contribution in [0.4, 0.5) is 0 Å². The smallest absolute Gasteiger partial charge is 0.251 e. The van der Waals surface area contributed by atoms with Crippen LogP contribution in [0.15, 0.2) is 67.0 Å². The summed E-state index contributed by atoms with van der Waals surface area (Å²) in [6, 6.07) is 17.8. The number of amides is 2. The number of aryl methyl sites for hydroxylation is 1. The standard InChI is InChI=1S/C31H37N5O2/c1-22-8-10-23(11-9-22)26-21-28(26)32-16-5-7-27(31(38)36-19-3-2-4-20-36)35-30(37)25-14-12-24(13-15-25)29-33-17-6-18-34-29/h6,8-15,17-18,26-28,32H,2-5,7,16,19-21H2,1H3,(H,35,37)/t26-,27-,28+/m0/s1. The molecule has 7 heteroatoms. The van der Waals surface area contributed by atoms with Crippen LogP contribution in [-0.2, 0) is 4.79 Å². The average Bonchev–Trinajstić information content (AvgIpc) is 3.75. The molecule has 2 amide bonds. The van der Waals surface area contributed by atoms with Crippen molar-refractivity contribution in [1.29, 1.82) is 0 Å². The topological polar surface area (TPSA) is 87.2 Å². The lowest BCUT2D eigenvalue weighted by atomic mass is 10.0. The maximum absolute atomic E-state index is 13.4. The second kappa shape index (κ2) is 12.3. The normalized spacial score (nSPS) is 19.6. The van der Waals surface area contributed by atoms with Crippen LogP contribution < -0.4 is 10.6 Å². The Morgan fingerprint density at radius 2 is 1.68 bits per heavy atom. The molecule has 0 spiro atoms. The quantitative estimate of drug-likeness (QED) is 0.392. The summed E-state index contributed by atoms with van der Waals surface area (Å²) >= 11 is 0. The first kappa shape index (κ1) is 26.0. The number of carbonyl (C=O) groups excluding carboxylic acids is 2. The molecule has 0 unspecified atom stereocenters. The zero-order valence-corrected chi connectivity index (χ0v) is 22.1. The van der Waals surface area contributed by atoms with E-state index in [2.05, 4.69) is 51.8 Å². The number of hydrogen-bond donors (Lipinski definition) is 2. The van der Waals surface area contributed by atoms with Crippen LogP contribution in [0, 0.1) is 6.92 Å². The number of nitrogens with zero attached hydrogens (tertiary/aromatic N) is 3. The van der Waals surface area contributed by atoms with E-state index in [1.807, 2.05) is 17.0 Å². The molecular formula is C31H37N5O2. The molecule has 2 aromatic carbocycles. The molecule has 2 heterocycles. The number of aromatic nitrogens is 2. The van der Waals surface area contributed by atoms with Gasteiger partial charge in [-0.3, -0.25) is 9.59 Å². The van der Waals surface area contributed by atoms with Crippen molar-refractivity contribution in [2.75, 3.05) is 19.6 Å². The molecule has 3 aromatic rings. The van der Waals surface area contributed by atoms with Crippen molar-refractivity contribution < 1.29 is 9.59 Å². The van der Waals surface area contributed by atoms with Crippen molar-refractivity contribution in [3.05, 3.63) is 83.7 Å². The number of nitrogens with one attached hydrogen (secondary N) is 2. The predicted octanol–water partition coefficient (Wildman–Crippen LogP) is 4.49. The molecule has 1 aromatic heterocycles. The highest BCUT2D eigenvalue weighted by atomic mass is 16.2. The molecule has 1 saturated carbocycles. The average molecular weight is 512 g/mol. The van der Waals surface area contributed by atoms with E-state index in [4.69, 9.17) is 0 Å². The van der Waals surface area contributed by atoms with E-state index in [9.17, 15) is 9.59 Å². The molecule has 2 fully saturated rings. The fraction of sp³-hybridized carbons (Fsp3) is 0.419. The highest BCUT2D eigenvalue weighted by Crippen LogP contribution is 2.40. The number of likely N-dealkylation sites (tertiary alicyclic amines) is 1. The molecule has 38 heavy (non-hydrogen) atoms. The lowest BCUT2D eigenvalue weighted by Crippen LogP contribution is -2.50. The van der Waals surface area contributed by atoms with Gasteiger partial charge in [-0.25, -0.2) is 9.97 Å². The fourth-order valence-electron chi connectivity index (χ4n) is 5.25. The van der Waals surface area contributed by atoms with Crippen molar-refractivity contribution >= 4 is 11.8 Å². The first-order valence-electron chi connectivity index (χ1n) is 13.9. The predicted molar refractivity (Wildman–Crippen MR) is 149 cm³/mol. The highest BCUT2D eigenvalue weighted by Gasteiger charge is 2.37. The zero-order valence-electron chi connectivity index (χ0n) is 22.1. The number of piperidine rings is 1. The van der Waals surface area contributed by atoms with Gasteiger partial charge in [0.2, 0.25) is 5.91 Å². The van der Waals surface area contributed by atoms with Crippen LogP contribution in [0.1, 0.15) is 65.9 Å². The van der Waals surface area contributed by atoms with Crippen molar-refractivity contribution in [2.45, 2.75) is 63.5 Å². The van der Waals surface area contributed by atoms with E-state index < -0.39 is 6.04 Å². The third-order valence-electron chi connectivity index (χ3n) is 7.61. The second-order valence-corrected chi connectivity index (χ2v) is 10.5. The van der Waals surface area contributed by atoms with Gasteiger partial charge in [0.1, 0.15) is 6.04 Å². The molecule has 0 bridgehead atoms. The van der Waals surface area contributed by atoms with Gasteiger partial charge >= 0.3 is 0 Å². The first-order valence-corrected chi connectivity index (χ1v) is 13.9. The number of benzene rings is 2. The maximum Gasteiger partial charge on any atom is 0.251 e. The van der Waals surface area contributed by atoms with Gasteiger partial charge in [-0.2, -0.15) is 0 Å². The number of carbonyl (C=O) groups is 2. The summed E-state index contributed by atoms with van der Waals surface area (Å²) in [4.78, 5) is 37.0. The van der Waals surface area contributed by atoms with Crippen molar-refractivity contribution in [3.8, 4) is 11.4 Å². The minimum absolute atomic E-state index is 0.0382. The SMILES string of the molecule is Cc1ccc([C@@H]2C[C@H]2NCCC[C@H](NC(=O)c2ccc(-c3ncccn3)cc2)C(=O)N2CCCCC2)cc1. The maximum atomic E-state index is 13.4. The molecular weight excluding hydrogens is 474 g/mol. The van der Waals surface area contributed by atoms with E-state index in [1.165, 1.54) is 11.1 Å². The van der Waals surface area contributed by atoms with Crippen LogP contribution in [0.3, 0.4) is 0 Å². The molecule has 1 aliphatic heterocycles. The highest BCUT2D eigenvalue weighted by molar-refractivity contribution is 5.97. The lowest BCUT2D eigenvalue weighted by Gasteiger charge is -2.31. The van der Waals surface area contributed by atoms with Gasteiger partial charge in [-0.05, 0) is 75.8 Å². The summed E-state index contributed by atoms with van der Waals surface area (Å²) in [5, 5.41) is 6.70.